The quantitative estimate of drug-likeness (QED) is 0.686. The van der Waals surface area contributed by atoms with Gasteiger partial charge < -0.3 is 9.47 Å². The Hall–Kier alpha value is -0.800. The van der Waals surface area contributed by atoms with Crippen LogP contribution >= 0.6 is 12.4 Å². The molecule has 84 valence electrons. The number of pyridine rings is 1. The molecule has 0 unspecified atom stereocenters. The summed E-state index contributed by atoms with van der Waals surface area (Å²) in [5.74, 6) is 0.356. The monoisotopic (exact) mass is 229 g/mol. The van der Waals surface area contributed by atoms with Gasteiger partial charge in [-0.3, -0.25) is 4.98 Å². The number of aromatic nitrogens is 1. The Labute approximate surface area is 96.2 Å². The molecule has 4 heteroatoms. The van der Waals surface area contributed by atoms with Crippen LogP contribution in [0.5, 0.6) is 5.75 Å². The van der Waals surface area contributed by atoms with Crippen molar-refractivity contribution in [2.24, 2.45) is 0 Å². The molecule has 0 aliphatic carbocycles. The van der Waals surface area contributed by atoms with Crippen molar-refractivity contribution in [3.63, 3.8) is 0 Å². The molecule has 0 radical (unpaired) electrons. The van der Waals surface area contributed by atoms with Crippen molar-refractivity contribution < 1.29 is 9.47 Å². The Kier molecular flexibility index (Phi) is 3.26. The van der Waals surface area contributed by atoms with Crippen LogP contribution in [0.1, 0.15) is 30.7 Å². The smallest absolute Gasteiger partial charge is 0.205 e. The second kappa shape index (κ2) is 3.99. The Morgan fingerprint density at radius 1 is 1.33 bits per heavy atom. The summed E-state index contributed by atoms with van der Waals surface area (Å²) in [4.78, 5) is 4.28. The number of hydrogen-bond acceptors (Lipinski definition) is 3. The van der Waals surface area contributed by atoms with Gasteiger partial charge in [-0.25, -0.2) is 0 Å². The van der Waals surface area contributed by atoms with Crippen molar-refractivity contribution in [1.82, 2.24) is 4.98 Å². The van der Waals surface area contributed by atoms with E-state index in [0.717, 1.165) is 22.6 Å². The van der Waals surface area contributed by atoms with Gasteiger partial charge in [-0.2, -0.15) is 0 Å². The number of nitrogens with zero attached hydrogens (tertiary/aromatic N) is 1. The maximum absolute atomic E-state index is 5.75. The Morgan fingerprint density at radius 3 is 2.67 bits per heavy atom. The van der Waals surface area contributed by atoms with Crippen LogP contribution in [0.25, 0.3) is 0 Å². The first-order valence-corrected chi connectivity index (χ1v) is 4.78. The van der Waals surface area contributed by atoms with Crippen LogP contribution in [-0.4, -0.2) is 10.8 Å². The van der Waals surface area contributed by atoms with Gasteiger partial charge in [0.2, 0.25) is 5.79 Å². The zero-order valence-corrected chi connectivity index (χ0v) is 10.3. The Balaban J connectivity index is 0.00000112. The van der Waals surface area contributed by atoms with Crippen molar-refractivity contribution in [2.45, 2.75) is 40.1 Å². The SMILES string of the molecule is Cc1cnc(C)c2c1COC(C)(C)O2.Cl. The largest absolute Gasteiger partial charge is 0.461 e. The Bertz CT molecular complexity index is 377. The summed E-state index contributed by atoms with van der Waals surface area (Å²) in [6.07, 6.45) is 1.86. The van der Waals surface area contributed by atoms with E-state index < -0.39 is 5.79 Å². The maximum atomic E-state index is 5.75. The van der Waals surface area contributed by atoms with Gasteiger partial charge in [0.15, 0.2) is 0 Å². The fourth-order valence-corrected chi connectivity index (χ4v) is 1.56. The summed E-state index contributed by atoms with van der Waals surface area (Å²) in [5.41, 5.74) is 3.18. The lowest BCUT2D eigenvalue weighted by molar-refractivity contribution is -0.180. The van der Waals surface area contributed by atoms with Crippen molar-refractivity contribution >= 4 is 12.4 Å². The molecule has 0 saturated carbocycles. The highest BCUT2D eigenvalue weighted by molar-refractivity contribution is 5.85. The van der Waals surface area contributed by atoms with Gasteiger partial charge in [0.05, 0.1) is 12.3 Å². The molecule has 1 aromatic rings. The van der Waals surface area contributed by atoms with Crippen molar-refractivity contribution in [2.75, 3.05) is 0 Å². The summed E-state index contributed by atoms with van der Waals surface area (Å²) < 4.78 is 11.3. The highest BCUT2D eigenvalue weighted by Crippen LogP contribution is 2.34. The first-order chi connectivity index (χ1) is 6.49. The zero-order chi connectivity index (χ0) is 10.3. The van der Waals surface area contributed by atoms with E-state index in [1.807, 2.05) is 33.9 Å². The Morgan fingerprint density at radius 2 is 2.00 bits per heavy atom. The first kappa shape index (κ1) is 12.3. The van der Waals surface area contributed by atoms with Crippen LogP contribution in [-0.2, 0) is 11.3 Å². The minimum absolute atomic E-state index is 0. The van der Waals surface area contributed by atoms with Gasteiger partial charge in [0, 0.05) is 25.6 Å². The summed E-state index contributed by atoms with van der Waals surface area (Å²) in [7, 11) is 0. The molecule has 2 heterocycles. The van der Waals surface area contributed by atoms with Crippen molar-refractivity contribution in [1.29, 1.82) is 0 Å². The minimum atomic E-state index is -0.534. The number of halogens is 1. The third-order valence-corrected chi connectivity index (χ3v) is 2.44. The average Bonchev–Trinajstić information content (AvgIpc) is 2.10. The van der Waals surface area contributed by atoms with E-state index >= 15 is 0 Å². The van der Waals surface area contributed by atoms with Crippen LogP contribution < -0.4 is 4.74 Å². The summed E-state index contributed by atoms with van der Waals surface area (Å²) in [5, 5.41) is 0. The molecule has 1 aliphatic heterocycles. The highest BCUT2D eigenvalue weighted by Gasteiger charge is 2.29. The lowest BCUT2D eigenvalue weighted by Crippen LogP contribution is -2.36. The van der Waals surface area contributed by atoms with Crippen LogP contribution in [0.2, 0.25) is 0 Å². The van der Waals surface area contributed by atoms with E-state index in [1.54, 1.807) is 0 Å². The zero-order valence-electron chi connectivity index (χ0n) is 9.46. The molecule has 0 N–H and O–H groups in total. The van der Waals surface area contributed by atoms with Gasteiger partial charge in [-0.1, -0.05) is 0 Å². The van der Waals surface area contributed by atoms with Gasteiger partial charge in [0.25, 0.3) is 0 Å². The molecule has 0 atom stereocenters. The van der Waals surface area contributed by atoms with Crippen LogP contribution in [0.3, 0.4) is 0 Å². The predicted octanol–water partition coefficient (Wildman–Crippen LogP) is 2.77. The molecular formula is C11H16ClNO2. The van der Waals surface area contributed by atoms with Crippen LogP contribution in [0.15, 0.2) is 6.20 Å². The van der Waals surface area contributed by atoms with Gasteiger partial charge in [-0.15, -0.1) is 12.4 Å². The fourth-order valence-electron chi connectivity index (χ4n) is 1.56. The fraction of sp³-hybridized carbons (Fsp3) is 0.545. The molecule has 1 aromatic heterocycles. The van der Waals surface area contributed by atoms with E-state index in [-0.39, 0.29) is 12.4 Å². The lowest BCUT2D eigenvalue weighted by Gasteiger charge is -2.33. The van der Waals surface area contributed by atoms with E-state index in [9.17, 15) is 0 Å². The molecular weight excluding hydrogens is 214 g/mol. The summed E-state index contributed by atoms with van der Waals surface area (Å²) in [6, 6.07) is 0. The predicted molar refractivity (Wildman–Crippen MR) is 60.5 cm³/mol. The molecule has 0 spiro atoms. The lowest BCUT2D eigenvalue weighted by atomic mass is 10.1. The van der Waals surface area contributed by atoms with Gasteiger partial charge in [-0.05, 0) is 19.4 Å². The molecule has 2 rings (SSSR count). The number of aryl methyl sites for hydroxylation is 2. The van der Waals surface area contributed by atoms with E-state index in [2.05, 4.69) is 4.98 Å². The van der Waals surface area contributed by atoms with Crippen LogP contribution in [0, 0.1) is 13.8 Å². The molecule has 0 amide bonds. The summed E-state index contributed by atoms with van der Waals surface area (Å²) in [6.45, 7) is 8.42. The number of hydrogen-bond donors (Lipinski definition) is 0. The topological polar surface area (TPSA) is 31.4 Å². The van der Waals surface area contributed by atoms with Crippen molar-refractivity contribution in [3.05, 3.63) is 23.0 Å². The third kappa shape index (κ3) is 2.24. The average molecular weight is 230 g/mol. The van der Waals surface area contributed by atoms with E-state index in [1.165, 1.54) is 0 Å². The first-order valence-electron chi connectivity index (χ1n) is 4.78. The number of fused-ring (bicyclic) bond motifs is 1. The molecule has 1 aliphatic rings. The van der Waals surface area contributed by atoms with Gasteiger partial charge in [0.1, 0.15) is 5.75 Å². The standard InChI is InChI=1S/C11H15NO2.ClH/c1-7-5-12-8(2)10-9(7)6-13-11(3,4)14-10;/h5H,6H2,1-4H3;1H. The minimum Gasteiger partial charge on any atom is -0.461 e. The van der Waals surface area contributed by atoms with E-state index in [4.69, 9.17) is 9.47 Å². The van der Waals surface area contributed by atoms with Gasteiger partial charge >= 0.3 is 0 Å². The van der Waals surface area contributed by atoms with Crippen LogP contribution in [0.4, 0.5) is 0 Å². The second-order valence-corrected chi connectivity index (χ2v) is 4.12. The van der Waals surface area contributed by atoms with E-state index in [0.29, 0.717) is 6.61 Å². The summed E-state index contributed by atoms with van der Waals surface area (Å²) >= 11 is 0. The molecule has 15 heavy (non-hydrogen) atoms. The molecule has 0 bridgehead atoms. The van der Waals surface area contributed by atoms with Crippen molar-refractivity contribution in [3.8, 4) is 5.75 Å². The number of ether oxygens (including phenoxy) is 2. The second-order valence-electron chi connectivity index (χ2n) is 4.12. The number of rotatable bonds is 0. The normalized spacial score (nSPS) is 17.3. The maximum Gasteiger partial charge on any atom is 0.205 e. The molecule has 0 saturated heterocycles. The molecule has 0 fully saturated rings. The molecule has 3 nitrogen and oxygen atoms in total. The highest BCUT2D eigenvalue weighted by atomic mass is 35.5. The third-order valence-electron chi connectivity index (χ3n) is 2.44. The molecule has 0 aromatic carbocycles.